The van der Waals surface area contributed by atoms with Gasteiger partial charge in [-0.3, -0.25) is 4.98 Å². The first-order chi connectivity index (χ1) is 10.1. The average Bonchev–Trinajstić information content (AvgIpc) is 3.37. The van der Waals surface area contributed by atoms with Crippen LogP contribution in [-0.4, -0.2) is 4.98 Å². The lowest BCUT2D eigenvalue weighted by Gasteiger charge is -2.31. The van der Waals surface area contributed by atoms with Gasteiger partial charge in [0.05, 0.1) is 16.7 Å². The highest BCUT2D eigenvalue weighted by molar-refractivity contribution is 5.82. The van der Waals surface area contributed by atoms with Gasteiger partial charge in [-0.05, 0) is 61.6 Å². The number of aromatic nitrogens is 1. The van der Waals surface area contributed by atoms with Gasteiger partial charge >= 0.3 is 0 Å². The maximum atomic E-state index is 6.93. The molecule has 0 amide bonds. The quantitative estimate of drug-likeness (QED) is 0.905. The number of pyridine rings is 1. The van der Waals surface area contributed by atoms with Crippen LogP contribution in [0.1, 0.15) is 42.5 Å². The van der Waals surface area contributed by atoms with Crippen LogP contribution in [0.5, 0.6) is 0 Å². The van der Waals surface area contributed by atoms with Crippen molar-refractivity contribution in [2.45, 2.75) is 44.7 Å². The Bertz CT molecular complexity index is 687. The second-order valence-electron chi connectivity index (χ2n) is 6.83. The fourth-order valence-electron chi connectivity index (χ4n) is 3.76. The van der Waals surface area contributed by atoms with Crippen LogP contribution in [0.3, 0.4) is 0 Å². The molecule has 2 saturated carbocycles. The summed E-state index contributed by atoms with van der Waals surface area (Å²) in [6, 6.07) is 8.52. The number of para-hydroxylation sites is 1. The molecular formula is C18H23N3. The number of nitrogens with zero attached hydrogens (tertiary/aromatic N) is 1. The molecule has 0 atom stereocenters. The number of fused-ring (bicyclic) bond motifs is 1. The summed E-state index contributed by atoms with van der Waals surface area (Å²) in [6.07, 6.45) is 4.96. The van der Waals surface area contributed by atoms with Crippen molar-refractivity contribution in [2.75, 3.05) is 0 Å². The predicted octanol–water partition coefficient (Wildman–Crippen LogP) is 2.98. The average molecular weight is 281 g/mol. The Balaban J connectivity index is 1.95. The van der Waals surface area contributed by atoms with Crippen molar-refractivity contribution in [3.8, 4) is 0 Å². The van der Waals surface area contributed by atoms with Crippen LogP contribution in [0.15, 0.2) is 24.3 Å². The standard InChI is InChI=1S/C18H23N3/c1-11-3-2-4-12-9-13(10-19)17(21-16(11)12)18(20,14-5-6-14)15-7-8-15/h2-4,9,14-15H,5-8,10,19-20H2,1H3. The van der Waals surface area contributed by atoms with Gasteiger partial charge in [0.1, 0.15) is 0 Å². The SMILES string of the molecule is Cc1cccc2cc(CN)c(C(N)(C3CC3)C3CC3)nc12. The summed E-state index contributed by atoms with van der Waals surface area (Å²) in [4.78, 5) is 5.04. The Morgan fingerprint density at radius 3 is 2.43 bits per heavy atom. The number of hydrogen-bond acceptors (Lipinski definition) is 3. The third kappa shape index (κ3) is 1.99. The van der Waals surface area contributed by atoms with Crippen LogP contribution in [0.2, 0.25) is 0 Å². The summed E-state index contributed by atoms with van der Waals surface area (Å²) in [5.41, 5.74) is 17.2. The molecule has 2 aliphatic rings. The van der Waals surface area contributed by atoms with E-state index in [-0.39, 0.29) is 5.54 Å². The van der Waals surface area contributed by atoms with E-state index < -0.39 is 0 Å². The minimum absolute atomic E-state index is 0.245. The normalized spacial score (nSPS) is 19.2. The van der Waals surface area contributed by atoms with Crippen molar-refractivity contribution in [1.82, 2.24) is 4.98 Å². The molecule has 4 rings (SSSR count). The highest BCUT2D eigenvalue weighted by atomic mass is 14.9. The van der Waals surface area contributed by atoms with E-state index in [0.717, 1.165) is 16.8 Å². The summed E-state index contributed by atoms with van der Waals surface area (Å²) >= 11 is 0. The molecule has 0 radical (unpaired) electrons. The number of benzene rings is 1. The van der Waals surface area contributed by atoms with Gasteiger partial charge < -0.3 is 11.5 Å². The molecule has 3 nitrogen and oxygen atoms in total. The first-order valence-electron chi connectivity index (χ1n) is 8.03. The Labute approximate surface area is 125 Å². The summed E-state index contributed by atoms with van der Waals surface area (Å²) in [6.45, 7) is 2.64. The summed E-state index contributed by atoms with van der Waals surface area (Å²) in [5.74, 6) is 1.20. The van der Waals surface area contributed by atoms with Gasteiger partial charge in [-0.2, -0.15) is 0 Å². The number of hydrogen-bond donors (Lipinski definition) is 2. The van der Waals surface area contributed by atoms with E-state index >= 15 is 0 Å². The zero-order valence-corrected chi connectivity index (χ0v) is 12.6. The molecule has 0 bridgehead atoms. The van der Waals surface area contributed by atoms with Crippen LogP contribution < -0.4 is 11.5 Å². The van der Waals surface area contributed by atoms with Crippen LogP contribution in [0.4, 0.5) is 0 Å². The van der Waals surface area contributed by atoms with Gasteiger partial charge in [0.25, 0.3) is 0 Å². The van der Waals surface area contributed by atoms with Crippen LogP contribution in [-0.2, 0) is 12.1 Å². The largest absolute Gasteiger partial charge is 0.326 e. The molecule has 2 fully saturated rings. The maximum absolute atomic E-state index is 6.93. The third-order valence-corrected chi connectivity index (χ3v) is 5.26. The lowest BCUT2D eigenvalue weighted by Crippen LogP contribution is -2.43. The first kappa shape index (κ1) is 13.2. The number of nitrogens with two attached hydrogens (primary N) is 2. The molecule has 0 aliphatic heterocycles. The van der Waals surface area contributed by atoms with E-state index in [1.807, 2.05) is 0 Å². The Morgan fingerprint density at radius 1 is 1.19 bits per heavy atom. The van der Waals surface area contributed by atoms with Crippen molar-refractivity contribution >= 4 is 10.9 Å². The third-order valence-electron chi connectivity index (χ3n) is 5.26. The Morgan fingerprint density at radius 2 is 1.86 bits per heavy atom. The molecule has 0 saturated heterocycles. The fraction of sp³-hybridized carbons (Fsp3) is 0.500. The van der Waals surface area contributed by atoms with E-state index in [1.165, 1.54) is 36.6 Å². The summed E-state index contributed by atoms with van der Waals surface area (Å²) < 4.78 is 0. The van der Waals surface area contributed by atoms with Gasteiger partial charge in [-0.25, -0.2) is 0 Å². The van der Waals surface area contributed by atoms with E-state index in [2.05, 4.69) is 31.2 Å². The molecule has 0 unspecified atom stereocenters. The lowest BCUT2D eigenvalue weighted by molar-refractivity contribution is 0.319. The zero-order chi connectivity index (χ0) is 14.6. The molecular weight excluding hydrogens is 258 g/mol. The minimum Gasteiger partial charge on any atom is -0.326 e. The number of aryl methyl sites for hydroxylation is 1. The molecule has 21 heavy (non-hydrogen) atoms. The van der Waals surface area contributed by atoms with Gasteiger partial charge in [-0.15, -0.1) is 0 Å². The minimum atomic E-state index is -0.245. The molecule has 3 heteroatoms. The van der Waals surface area contributed by atoms with Gasteiger partial charge in [-0.1, -0.05) is 18.2 Å². The molecule has 2 aliphatic carbocycles. The van der Waals surface area contributed by atoms with Crippen molar-refractivity contribution in [2.24, 2.45) is 23.3 Å². The van der Waals surface area contributed by atoms with E-state index in [0.29, 0.717) is 18.4 Å². The van der Waals surface area contributed by atoms with Crippen molar-refractivity contribution < 1.29 is 0 Å². The first-order valence-corrected chi connectivity index (χ1v) is 8.03. The second-order valence-corrected chi connectivity index (χ2v) is 6.83. The van der Waals surface area contributed by atoms with Crippen molar-refractivity contribution in [1.29, 1.82) is 0 Å². The summed E-state index contributed by atoms with van der Waals surface area (Å²) in [5, 5.41) is 1.17. The van der Waals surface area contributed by atoms with Crippen LogP contribution in [0, 0.1) is 18.8 Å². The lowest BCUT2D eigenvalue weighted by atomic mass is 9.82. The highest BCUT2D eigenvalue weighted by Gasteiger charge is 2.54. The van der Waals surface area contributed by atoms with Crippen LogP contribution >= 0.6 is 0 Å². The van der Waals surface area contributed by atoms with Gasteiger partial charge in [0, 0.05) is 11.9 Å². The molecule has 1 aromatic carbocycles. The van der Waals surface area contributed by atoms with Gasteiger partial charge in [0.15, 0.2) is 0 Å². The molecule has 2 aromatic rings. The van der Waals surface area contributed by atoms with Crippen molar-refractivity contribution in [3.05, 3.63) is 41.1 Å². The Hall–Kier alpha value is -1.45. The molecule has 4 N–H and O–H groups in total. The van der Waals surface area contributed by atoms with Gasteiger partial charge in [0.2, 0.25) is 0 Å². The van der Waals surface area contributed by atoms with E-state index in [1.54, 1.807) is 0 Å². The smallest absolute Gasteiger partial charge is 0.0735 e. The second kappa shape index (κ2) is 4.52. The monoisotopic (exact) mass is 281 g/mol. The topological polar surface area (TPSA) is 64.9 Å². The highest BCUT2D eigenvalue weighted by Crippen LogP contribution is 2.56. The zero-order valence-electron chi connectivity index (χ0n) is 12.6. The fourth-order valence-corrected chi connectivity index (χ4v) is 3.76. The van der Waals surface area contributed by atoms with Crippen LogP contribution in [0.25, 0.3) is 10.9 Å². The van der Waals surface area contributed by atoms with E-state index in [4.69, 9.17) is 16.5 Å². The molecule has 1 aromatic heterocycles. The molecule has 1 heterocycles. The number of rotatable bonds is 4. The van der Waals surface area contributed by atoms with E-state index in [9.17, 15) is 0 Å². The molecule has 0 spiro atoms. The molecule has 110 valence electrons. The maximum Gasteiger partial charge on any atom is 0.0735 e. The van der Waals surface area contributed by atoms with Crippen molar-refractivity contribution in [3.63, 3.8) is 0 Å². The summed E-state index contributed by atoms with van der Waals surface area (Å²) in [7, 11) is 0. The Kier molecular flexibility index (Phi) is 2.85. The predicted molar refractivity (Wildman–Crippen MR) is 85.7 cm³/mol.